The number of aliphatic hydroxyl groups excluding tert-OH is 11. The monoisotopic (exact) mass is 1300 g/mol. The summed E-state index contributed by atoms with van der Waals surface area (Å²) in [5.41, 5.74) is 0. The molecule has 3 rings (SSSR count). The minimum absolute atomic E-state index is 0.248. The molecule has 0 aromatic heterocycles. The van der Waals surface area contributed by atoms with Crippen molar-refractivity contribution in [2.45, 2.75) is 401 Å². The van der Waals surface area contributed by atoms with Crippen LogP contribution in [0.3, 0.4) is 0 Å². The molecule has 1 amide bonds. The van der Waals surface area contributed by atoms with E-state index in [4.69, 9.17) is 28.4 Å². The number of hydrogen-bond acceptors (Lipinski definition) is 18. The summed E-state index contributed by atoms with van der Waals surface area (Å²) in [6.07, 6.45) is 36.1. The molecule has 0 saturated carbocycles. The lowest BCUT2D eigenvalue weighted by molar-refractivity contribution is -0.379. The van der Waals surface area contributed by atoms with E-state index < -0.39 is 124 Å². The molecule has 19 nitrogen and oxygen atoms in total. The highest BCUT2D eigenvalue weighted by Crippen LogP contribution is 2.33. The second kappa shape index (κ2) is 54.3. The molecule has 0 aliphatic carbocycles. The largest absolute Gasteiger partial charge is 0.394 e. The number of aliphatic hydroxyl groups is 11. The van der Waals surface area contributed by atoms with Gasteiger partial charge in [0.25, 0.3) is 0 Å². The summed E-state index contributed by atoms with van der Waals surface area (Å²) in [6, 6.07) is -0.969. The molecule has 91 heavy (non-hydrogen) atoms. The molecular formula is C72H135NO18. The third-order valence-corrected chi connectivity index (χ3v) is 18.7. The highest BCUT2D eigenvalue weighted by atomic mass is 16.8. The molecule has 19 heteroatoms. The molecule has 0 radical (unpaired) electrons. The van der Waals surface area contributed by atoms with Crippen LogP contribution in [-0.2, 0) is 33.2 Å². The van der Waals surface area contributed by atoms with E-state index in [1.807, 2.05) is 6.08 Å². The molecule has 0 bridgehead atoms. The van der Waals surface area contributed by atoms with Gasteiger partial charge in [-0.1, -0.05) is 269 Å². The first-order chi connectivity index (χ1) is 44.3. The zero-order valence-electron chi connectivity index (χ0n) is 56.8. The Labute approximate surface area is 549 Å². The highest BCUT2D eigenvalue weighted by Gasteiger charge is 2.53. The van der Waals surface area contributed by atoms with E-state index in [1.54, 1.807) is 6.08 Å². The maximum absolute atomic E-state index is 13.4. The molecule has 3 aliphatic heterocycles. The predicted octanol–water partition coefficient (Wildman–Crippen LogP) is 10.6. The summed E-state index contributed by atoms with van der Waals surface area (Å²) in [5, 5.41) is 120. The summed E-state index contributed by atoms with van der Waals surface area (Å²) >= 11 is 0. The number of nitrogens with one attached hydrogen (secondary N) is 1. The van der Waals surface area contributed by atoms with Gasteiger partial charge in [0, 0.05) is 6.42 Å². The highest BCUT2D eigenvalue weighted by molar-refractivity contribution is 5.76. The summed E-state index contributed by atoms with van der Waals surface area (Å²) < 4.78 is 34.3. The van der Waals surface area contributed by atoms with Crippen molar-refractivity contribution in [2.24, 2.45) is 0 Å². The Kier molecular flexibility index (Phi) is 49.8. The Bertz CT molecular complexity index is 1750. The van der Waals surface area contributed by atoms with Crippen LogP contribution in [0.25, 0.3) is 0 Å². The Hall–Kier alpha value is -1.73. The van der Waals surface area contributed by atoms with Gasteiger partial charge < -0.3 is 89.9 Å². The maximum Gasteiger partial charge on any atom is 0.220 e. The molecular weight excluding hydrogens is 1170 g/mol. The van der Waals surface area contributed by atoms with Crippen LogP contribution in [0.1, 0.15) is 296 Å². The van der Waals surface area contributed by atoms with Gasteiger partial charge in [-0.15, -0.1) is 0 Å². The minimum atomic E-state index is -1.98. The Morgan fingerprint density at radius 3 is 1.07 bits per heavy atom. The van der Waals surface area contributed by atoms with E-state index in [1.165, 1.54) is 225 Å². The minimum Gasteiger partial charge on any atom is -0.394 e. The third kappa shape index (κ3) is 35.9. The van der Waals surface area contributed by atoms with Crippen LogP contribution in [0.4, 0.5) is 0 Å². The summed E-state index contributed by atoms with van der Waals surface area (Å²) in [5.74, 6) is -0.271. The first-order valence-corrected chi connectivity index (χ1v) is 37.1. The van der Waals surface area contributed by atoms with Crippen LogP contribution in [0.2, 0.25) is 0 Å². The Morgan fingerprint density at radius 2 is 0.692 bits per heavy atom. The Morgan fingerprint density at radius 1 is 0.385 bits per heavy atom. The van der Waals surface area contributed by atoms with Crippen LogP contribution >= 0.6 is 0 Å². The fourth-order valence-electron chi connectivity index (χ4n) is 12.7. The number of carbonyl (C=O) groups is 1. The van der Waals surface area contributed by atoms with Crippen LogP contribution in [0.15, 0.2) is 24.3 Å². The van der Waals surface area contributed by atoms with Gasteiger partial charge in [-0.25, -0.2) is 0 Å². The van der Waals surface area contributed by atoms with Crippen LogP contribution in [-0.4, -0.2) is 193 Å². The number of ether oxygens (including phenoxy) is 6. The van der Waals surface area contributed by atoms with E-state index in [0.717, 1.165) is 44.9 Å². The molecule has 3 heterocycles. The zero-order chi connectivity index (χ0) is 66.1. The van der Waals surface area contributed by atoms with Crippen LogP contribution in [0.5, 0.6) is 0 Å². The van der Waals surface area contributed by atoms with E-state index in [0.29, 0.717) is 6.42 Å². The normalized spacial score (nSPS) is 27.9. The van der Waals surface area contributed by atoms with Gasteiger partial charge in [-0.3, -0.25) is 4.79 Å². The number of allylic oxidation sites excluding steroid dienone is 3. The van der Waals surface area contributed by atoms with Gasteiger partial charge in [0.1, 0.15) is 73.2 Å². The van der Waals surface area contributed by atoms with Crippen LogP contribution < -0.4 is 5.32 Å². The SMILES string of the molecule is CCCCCCCCCC/C=C\CCCCCCCCCCCCCCCCCCCCCCCC(=O)NC(COC1OC(CO)C(OC2OC(CO)C(OC3OC(CO)C(O)C(O)C3O)C(O)C2O)C(O)C1O)C(O)/C=C/CCCCCCCCCCCCC. The molecule has 0 spiro atoms. The van der Waals surface area contributed by atoms with Crippen molar-refractivity contribution in [1.29, 1.82) is 0 Å². The number of rotatable bonds is 58. The topological polar surface area (TPSA) is 307 Å². The van der Waals surface area contributed by atoms with Gasteiger partial charge in [-0.05, 0) is 44.9 Å². The second-order valence-electron chi connectivity index (χ2n) is 26.8. The molecule has 3 saturated heterocycles. The van der Waals surface area contributed by atoms with Gasteiger partial charge in [0.2, 0.25) is 5.91 Å². The average molecular weight is 1300 g/mol. The fourth-order valence-corrected chi connectivity index (χ4v) is 12.7. The van der Waals surface area contributed by atoms with Gasteiger partial charge >= 0.3 is 0 Å². The van der Waals surface area contributed by atoms with E-state index in [-0.39, 0.29) is 18.9 Å². The molecule has 0 aromatic rings. The van der Waals surface area contributed by atoms with Crippen molar-refractivity contribution in [3.05, 3.63) is 24.3 Å². The predicted molar refractivity (Wildman–Crippen MR) is 356 cm³/mol. The molecule has 17 unspecified atom stereocenters. The molecule has 12 N–H and O–H groups in total. The van der Waals surface area contributed by atoms with Crippen molar-refractivity contribution in [1.82, 2.24) is 5.32 Å². The first kappa shape index (κ1) is 83.5. The summed E-state index contributed by atoms with van der Waals surface area (Å²) in [6.45, 7) is 1.75. The summed E-state index contributed by atoms with van der Waals surface area (Å²) in [7, 11) is 0. The quantitative estimate of drug-likeness (QED) is 0.0199. The number of amides is 1. The third-order valence-electron chi connectivity index (χ3n) is 18.7. The molecule has 3 fully saturated rings. The van der Waals surface area contributed by atoms with Gasteiger partial charge in [0.05, 0.1) is 38.6 Å². The van der Waals surface area contributed by atoms with Gasteiger partial charge in [0.15, 0.2) is 18.9 Å². The average Bonchev–Trinajstić information content (AvgIpc) is 0.871. The van der Waals surface area contributed by atoms with Crippen molar-refractivity contribution in [2.75, 3.05) is 26.4 Å². The maximum atomic E-state index is 13.4. The zero-order valence-corrected chi connectivity index (χ0v) is 56.8. The number of hydrogen-bond donors (Lipinski definition) is 12. The van der Waals surface area contributed by atoms with E-state index >= 15 is 0 Å². The number of carbonyl (C=O) groups excluding carboxylic acids is 1. The van der Waals surface area contributed by atoms with Crippen molar-refractivity contribution in [3.63, 3.8) is 0 Å². The van der Waals surface area contributed by atoms with E-state index in [9.17, 15) is 61.0 Å². The number of unbranched alkanes of at least 4 members (excludes halogenated alkanes) is 40. The van der Waals surface area contributed by atoms with Crippen molar-refractivity contribution in [3.8, 4) is 0 Å². The lowest BCUT2D eigenvalue weighted by Gasteiger charge is -2.48. The lowest BCUT2D eigenvalue weighted by atomic mass is 9.96. The first-order valence-electron chi connectivity index (χ1n) is 37.1. The second-order valence-corrected chi connectivity index (χ2v) is 26.8. The molecule has 17 atom stereocenters. The lowest BCUT2D eigenvalue weighted by Crippen LogP contribution is -2.66. The summed E-state index contributed by atoms with van der Waals surface area (Å²) in [4.78, 5) is 13.4. The molecule has 3 aliphatic rings. The molecule has 0 aromatic carbocycles. The van der Waals surface area contributed by atoms with Gasteiger partial charge in [-0.2, -0.15) is 0 Å². The fraction of sp³-hybridized carbons (Fsp3) is 0.931. The van der Waals surface area contributed by atoms with Crippen molar-refractivity contribution < 1.29 is 89.4 Å². The Balaban J connectivity index is 1.33. The standard InChI is InChI=1S/C72H135NO18/c1-3-5-7-9-11-13-15-17-18-19-20-21-22-23-24-25-26-27-28-29-30-31-32-33-34-35-36-38-40-42-44-46-48-50-60(78)73-55(56(77)49-47-45-43-41-39-37-16-14-12-10-8-6-4-2)54-86-70-66(84)63(81)68(58(52-75)88-70)91-72-67(85)64(82)69(59(53-76)89-72)90-71-65(83)62(80)61(79)57(51-74)87-71/h19-20,47,49,55-59,61-72,74-77,79-85H,3-18,21-46,48,50-54H2,1-2H3,(H,73,78)/b20-19-,49-47+. The van der Waals surface area contributed by atoms with E-state index in [2.05, 4.69) is 31.3 Å². The smallest absolute Gasteiger partial charge is 0.220 e. The van der Waals surface area contributed by atoms with Crippen LogP contribution in [0, 0.1) is 0 Å². The van der Waals surface area contributed by atoms with Crippen molar-refractivity contribution >= 4 is 5.91 Å². The molecule has 536 valence electrons.